The Kier molecular flexibility index (Phi) is 10.8. The lowest BCUT2D eigenvalue weighted by atomic mass is 9.96. The van der Waals surface area contributed by atoms with Crippen molar-refractivity contribution in [2.24, 2.45) is 0 Å². The van der Waals surface area contributed by atoms with Crippen LogP contribution in [0.25, 0.3) is 11.1 Å². The second kappa shape index (κ2) is 14.8. The highest BCUT2D eigenvalue weighted by Crippen LogP contribution is 2.31. The fourth-order valence-corrected chi connectivity index (χ4v) is 7.32. The van der Waals surface area contributed by atoms with E-state index in [9.17, 15) is 18.0 Å². The van der Waals surface area contributed by atoms with Crippen molar-refractivity contribution in [2.75, 3.05) is 36.8 Å². The molecule has 5 rings (SSSR count). The minimum absolute atomic E-state index is 0.215. The minimum atomic E-state index is -3.22. The third kappa shape index (κ3) is 8.64. The average Bonchev–Trinajstić information content (AvgIpc) is 3.03. The van der Waals surface area contributed by atoms with Crippen molar-refractivity contribution in [2.45, 2.75) is 63.8 Å². The van der Waals surface area contributed by atoms with Gasteiger partial charge in [0.05, 0.1) is 5.25 Å². The summed E-state index contributed by atoms with van der Waals surface area (Å²) in [6.45, 7) is 6.51. The molecule has 9 nitrogen and oxygen atoms in total. The maximum atomic E-state index is 13.0. The number of nitrogens with one attached hydrogen (secondary N) is 3. The number of urea groups is 1. The van der Waals surface area contributed by atoms with Gasteiger partial charge in [0.1, 0.15) is 0 Å². The lowest BCUT2D eigenvalue weighted by Gasteiger charge is -2.34. The molecule has 0 atom stereocenters. The molecule has 1 heterocycles. The summed E-state index contributed by atoms with van der Waals surface area (Å²) < 4.78 is 26.4. The van der Waals surface area contributed by atoms with Gasteiger partial charge in [-0.2, -0.15) is 4.31 Å². The largest absolute Gasteiger partial charge is 0.335 e. The van der Waals surface area contributed by atoms with Crippen LogP contribution in [-0.2, 0) is 16.6 Å². The van der Waals surface area contributed by atoms with Crippen LogP contribution >= 0.6 is 11.6 Å². The quantitative estimate of drug-likeness (QED) is 0.242. The van der Waals surface area contributed by atoms with E-state index in [0.29, 0.717) is 48.1 Å². The van der Waals surface area contributed by atoms with Crippen molar-refractivity contribution >= 4 is 44.9 Å². The first-order chi connectivity index (χ1) is 21.6. The Morgan fingerprint density at radius 1 is 0.844 bits per heavy atom. The van der Waals surface area contributed by atoms with Gasteiger partial charge in [-0.3, -0.25) is 9.69 Å². The van der Waals surface area contributed by atoms with E-state index in [0.717, 1.165) is 48.9 Å². The molecule has 0 unspecified atom stereocenters. The molecule has 0 spiro atoms. The number of amides is 3. The first-order valence-electron chi connectivity index (χ1n) is 15.7. The van der Waals surface area contributed by atoms with Crippen molar-refractivity contribution in [1.29, 1.82) is 0 Å². The molecule has 1 aliphatic carbocycles. The summed E-state index contributed by atoms with van der Waals surface area (Å²) in [5, 5.41) is 9.07. The van der Waals surface area contributed by atoms with E-state index < -0.39 is 15.3 Å². The highest BCUT2D eigenvalue weighted by Gasteiger charge is 2.29. The summed E-state index contributed by atoms with van der Waals surface area (Å²) in [5.41, 5.74) is 4.53. The molecule has 1 saturated carbocycles. The number of anilines is 2. The van der Waals surface area contributed by atoms with Crippen molar-refractivity contribution in [3.63, 3.8) is 0 Å². The van der Waals surface area contributed by atoms with Gasteiger partial charge in [0.25, 0.3) is 5.91 Å². The molecule has 0 bridgehead atoms. The Morgan fingerprint density at radius 2 is 1.49 bits per heavy atom. The minimum Gasteiger partial charge on any atom is -0.335 e. The molecule has 3 aromatic rings. The number of rotatable bonds is 9. The molecule has 2 fully saturated rings. The standard InChI is InChI=1S/C34H42ClN5O4S/c1-24(2)45(43,44)40-20-18-39(19-21-40)23-25-8-14-29(15-9-25)36-33(41)27-12-10-26(11-13-27)31-22-30(16-17-32(31)35)38-34(42)37-28-6-4-3-5-7-28/h8-17,22,24,28H,3-7,18-21,23H2,1-2H3,(H,36,41)(H2,37,38,42). The number of carbonyl (C=O) groups is 2. The monoisotopic (exact) mass is 651 g/mol. The Bertz CT molecular complexity index is 1580. The maximum absolute atomic E-state index is 13.0. The molecule has 0 radical (unpaired) electrons. The lowest BCUT2D eigenvalue weighted by molar-refractivity contribution is 0.102. The van der Waals surface area contributed by atoms with Crippen LogP contribution in [0, 0.1) is 0 Å². The van der Waals surface area contributed by atoms with Crippen LogP contribution in [0.15, 0.2) is 66.7 Å². The third-order valence-electron chi connectivity index (χ3n) is 8.53. The van der Waals surface area contributed by atoms with E-state index in [4.69, 9.17) is 11.6 Å². The molecule has 11 heteroatoms. The highest BCUT2D eigenvalue weighted by atomic mass is 35.5. The molecule has 1 aliphatic heterocycles. The van der Waals surface area contributed by atoms with Gasteiger partial charge in [-0.05, 0) is 80.3 Å². The van der Waals surface area contributed by atoms with E-state index in [2.05, 4.69) is 20.9 Å². The zero-order chi connectivity index (χ0) is 32.0. The number of halogens is 1. The van der Waals surface area contributed by atoms with Gasteiger partial charge in [0.15, 0.2) is 0 Å². The molecule has 240 valence electrons. The number of hydrogen-bond donors (Lipinski definition) is 3. The summed E-state index contributed by atoms with van der Waals surface area (Å²) in [5.74, 6) is -0.224. The van der Waals surface area contributed by atoms with Crippen molar-refractivity contribution in [3.05, 3.63) is 82.9 Å². The highest BCUT2D eigenvalue weighted by molar-refractivity contribution is 7.89. The smallest absolute Gasteiger partial charge is 0.319 e. The third-order valence-corrected chi connectivity index (χ3v) is 11.1. The second-order valence-corrected chi connectivity index (χ2v) is 15.0. The van der Waals surface area contributed by atoms with E-state index in [-0.39, 0.29) is 18.0 Å². The molecule has 1 saturated heterocycles. The van der Waals surface area contributed by atoms with Gasteiger partial charge in [-0.25, -0.2) is 13.2 Å². The first kappa shape index (κ1) is 32.9. The summed E-state index contributed by atoms with van der Waals surface area (Å²) in [6.07, 6.45) is 5.54. The van der Waals surface area contributed by atoms with Gasteiger partial charge in [0, 0.05) is 66.3 Å². The topological polar surface area (TPSA) is 111 Å². The summed E-state index contributed by atoms with van der Waals surface area (Å²) in [7, 11) is -3.22. The second-order valence-electron chi connectivity index (χ2n) is 12.1. The number of nitrogens with zero attached hydrogens (tertiary/aromatic N) is 2. The van der Waals surface area contributed by atoms with Crippen molar-refractivity contribution < 1.29 is 18.0 Å². The van der Waals surface area contributed by atoms with Crippen LogP contribution < -0.4 is 16.0 Å². The van der Waals surface area contributed by atoms with E-state index >= 15 is 0 Å². The van der Waals surface area contributed by atoms with Crippen LogP contribution in [-0.4, -0.2) is 67.0 Å². The number of sulfonamides is 1. The van der Waals surface area contributed by atoms with Crippen LogP contribution in [0.4, 0.5) is 16.2 Å². The lowest BCUT2D eigenvalue weighted by Crippen LogP contribution is -2.49. The van der Waals surface area contributed by atoms with Gasteiger partial charge < -0.3 is 16.0 Å². The number of hydrogen-bond acceptors (Lipinski definition) is 5. The van der Waals surface area contributed by atoms with Gasteiger partial charge in [-0.15, -0.1) is 0 Å². The van der Waals surface area contributed by atoms with Crippen LogP contribution in [0.2, 0.25) is 5.02 Å². The first-order valence-corrected chi connectivity index (χ1v) is 17.6. The summed E-state index contributed by atoms with van der Waals surface area (Å²) in [6, 6.07) is 20.3. The fourth-order valence-electron chi connectivity index (χ4n) is 5.82. The predicted octanol–water partition coefficient (Wildman–Crippen LogP) is 6.57. The number of piperazine rings is 1. The summed E-state index contributed by atoms with van der Waals surface area (Å²) >= 11 is 6.51. The zero-order valence-corrected chi connectivity index (χ0v) is 27.5. The van der Waals surface area contributed by atoms with E-state index in [1.54, 1.807) is 42.4 Å². The number of benzene rings is 3. The molecular weight excluding hydrogens is 610 g/mol. The van der Waals surface area contributed by atoms with Crippen molar-refractivity contribution in [1.82, 2.24) is 14.5 Å². The normalized spacial score (nSPS) is 16.8. The van der Waals surface area contributed by atoms with Gasteiger partial charge in [0.2, 0.25) is 10.0 Å². The molecule has 3 aromatic carbocycles. The predicted molar refractivity (Wildman–Crippen MR) is 181 cm³/mol. The Balaban J connectivity index is 1.13. The maximum Gasteiger partial charge on any atom is 0.319 e. The molecular formula is C34H42ClN5O4S. The van der Waals surface area contributed by atoms with Crippen molar-refractivity contribution in [3.8, 4) is 11.1 Å². The average molecular weight is 652 g/mol. The fraction of sp³-hybridized carbons (Fsp3) is 0.412. The van der Waals surface area contributed by atoms with Gasteiger partial charge in [-0.1, -0.05) is 55.1 Å². The van der Waals surface area contributed by atoms with Crippen LogP contribution in [0.1, 0.15) is 61.9 Å². The Hall–Kier alpha value is -3.44. The van der Waals surface area contributed by atoms with Gasteiger partial charge >= 0.3 is 6.03 Å². The van der Waals surface area contributed by atoms with E-state index in [1.807, 2.05) is 42.5 Å². The number of carbonyl (C=O) groups excluding carboxylic acids is 2. The summed E-state index contributed by atoms with van der Waals surface area (Å²) in [4.78, 5) is 27.7. The molecule has 3 amide bonds. The SMILES string of the molecule is CC(C)S(=O)(=O)N1CCN(Cc2ccc(NC(=O)c3ccc(-c4cc(NC(=O)NC5CCCCC5)ccc4Cl)cc3)cc2)CC1. The molecule has 2 aliphatic rings. The molecule has 0 aromatic heterocycles. The van der Waals surface area contributed by atoms with Crippen LogP contribution in [0.3, 0.4) is 0 Å². The molecule has 45 heavy (non-hydrogen) atoms. The Labute approximate surface area is 271 Å². The molecule has 3 N–H and O–H groups in total. The van der Waals surface area contributed by atoms with E-state index in [1.165, 1.54) is 6.42 Å². The van der Waals surface area contributed by atoms with Crippen LogP contribution in [0.5, 0.6) is 0 Å². The zero-order valence-electron chi connectivity index (χ0n) is 25.9. The Morgan fingerprint density at radius 3 is 2.13 bits per heavy atom.